The molecule has 0 atom stereocenters. The Morgan fingerprint density at radius 1 is 1.09 bits per heavy atom. The maximum Gasteiger partial charge on any atom is 0.338 e. The van der Waals surface area contributed by atoms with E-state index in [1.165, 1.54) is 11.3 Å². The molecule has 0 saturated carbocycles. The van der Waals surface area contributed by atoms with Gasteiger partial charge in [-0.2, -0.15) is 16.8 Å². The zero-order chi connectivity index (χ0) is 22.9. The summed E-state index contributed by atoms with van der Waals surface area (Å²) in [6.07, 6.45) is 4.11. The molecule has 0 N–H and O–H groups in total. The van der Waals surface area contributed by atoms with Crippen molar-refractivity contribution in [3.8, 4) is 5.75 Å². The minimum Gasteiger partial charge on any atom is -0.494 e. The van der Waals surface area contributed by atoms with Gasteiger partial charge < -0.3 is 14.0 Å². The van der Waals surface area contributed by atoms with Gasteiger partial charge in [0.05, 0.1) is 29.0 Å². The quantitative estimate of drug-likeness (QED) is 0.301. The molecule has 0 radical (unpaired) electrons. The Hall–Kier alpha value is -2.58. The number of rotatable bonds is 10. The van der Waals surface area contributed by atoms with Crippen LogP contribution in [0.1, 0.15) is 47.4 Å². The number of nitrogens with zero attached hydrogens (tertiary/aromatic N) is 2. The first-order chi connectivity index (χ1) is 15.6. The van der Waals surface area contributed by atoms with E-state index < -0.39 is 0 Å². The number of fused-ring (bicyclic) bond motifs is 1. The molecule has 0 fully saturated rings. The summed E-state index contributed by atoms with van der Waals surface area (Å²) in [5, 5.41) is 0. The second-order valence-corrected chi connectivity index (χ2v) is 9.07. The lowest BCUT2D eigenvalue weighted by molar-refractivity contribution is 0.0526. The second kappa shape index (κ2) is 11.9. The van der Waals surface area contributed by atoms with Gasteiger partial charge in [0, 0.05) is 17.9 Å². The van der Waals surface area contributed by atoms with Crippen LogP contribution in [-0.4, -0.2) is 41.7 Å². The topological polar surface area (TPSA) is 69.9 Å². The van der Waals surface area contributed by atoms with Gasteiger partial charge in [0.2, 0.25) is 0 Å². The van der Waals surface area contributed by atoms with Crippen molar-refractivity contribution in [2.45, 2.75) is 33.2 Å². The lowest BCUT2D eigenvalue weighted by Gasteiger charge is -2.06. The number of ether oxygens (including phenoxy) is 2. The SMILES string of the molecule is CCCCOc1ccc(C(=O)N=c2sc3cc(C(=O)OCC)ccc3n2CCSC)cc1. The van der Waals surface area contributed by atoms with Gasteiger partial charge in [-0.3, -0.25) is 4.79 Å². The highest BCUT2D eigenvalue weighted by Crippen LogP contribution is 2.21. The van der Waals surface area contributed by atoms with E-state index in [0.717, 1.165) is 41.1 Å². The van der Waals surface area contributed by atoms with Crippen molar-refractivity contribution in [2.24, 2.45) is 4.99 Å². The van der Waals surface area contributed by atoms with Gasteiger partial charge in [-0.15, -0.1) is 0 Å². The molecule has 1 heterocycles. The molecule has 6 nitrogen and oxygen atoms in total. The first-order valence-corrected chi connectivity index (χ1v) is 12.9. The van der Waals surface area contributed by atoms with Crippen LogP contribution in [0.4, 0.5) is 0 Å². The van der Waals surface area contributed by atoms with E-state index >= 15 is 0 Å². The number of aromatic nitrogens is 1. The number of esters is 1. The first-order valence-electron chi connectivity index (χ1n) is 10.7. The molecule has 1 aromatic heterocycles. The van der Waals surface area contributed by atoms with Gasteiger partial charge in [0.15, 0.2) is 4.80 Å². The Morgan fingerprint density at radius 2 is 1.84 bits per heavy atom. The smallest absolute Gasteiger partial charge is 0.338 e. The Balaban J connectivity index is 1.92. The van der Waals surface area contributed by atoms with E-state index in [1.54, 1.807) is 55.1 Å². The van der Waals surface area contributed by atoms with Crippen LogP contribution in [0.2, 0.25) is 0 Å². The molecule has 2 aromatic carbocycles. The normalized spacial score (nSPS) is 11.7. The minimum atomic E-state index is -0.353. The van der Waals surface area contributed by atoms with E-state index in [0.29, 0.717) is 29.1 Å². The van der Waals surface area contributed by atoms with Gasteiger partial charge in [-0.1, -0.05) is 24.7 Å². The third-order valence-electron chi connectivity index (χ3n) is 4.78. The van der Waals surface area contributed by atoms with Crippen molar-refractivity contribution < 1.29 is 19.1 Å². The number of carbonyl (C=O) groups excluding carboxylic acids is 2. The predicted octanol–water partition coefficient (Wildman–Crippen LogP) is 5.16. The van der Waals surface area contributed by atoms with Crippen LogP contribution in [0.3, 0.4) is 0 Å². The zero-order valence-electron chi connectivity index (χ0n) is 18.6. The highest BCUT2D eigenvalue weighted by atomic mass is 32.2. The number of carbonyl (C=O) groups is 2. The molecule has 3 rings (SSSR count). The standard InChI is InChI=1S/C24H28N2O4S2/c1-4-6-14-30-19-10-7-17(8-11-19)22(27)25-24-26(13-15-31-3)20-12-9-18(16-21(20)32-24)23(28)29-5-2/h7-12,16H,4-6,13-15H2,1-3H3. The molecule has 170 valence electrons. The number of hydrogen-bond acceptors (Lipinski definition) is 6. The average Bonchev–Trinajstić information content (AvgIpc) is 3.14. The third-order valence-corrected chi connectivity index (χ3v) is 6.41. The number of unbranched alkanes of at least 4 members (excludes halogenated alkanes) is 1. The Morgan fingerprint density at radius 3 is 2.53 bits per heavy atom. The van der Waals surface area contributed by atoms with Crippen molar-refractivity contribution in [3.05, 3.63) is 58.4 Å². The van der Waals surface area contributed by atoms with E-state index in [-0.39, 0.29) is 11.9 Å². The summed E-state index contributed by atoms with van der Waals surface area (Å²) in [6, 6.07) is 12.5. The molecule has 1 amide bonds. The van der Waals surface area contributed by atoms with E-state index in [9.17, 15) is 9.59 Å². The second-order valence-electron chi connectivity index (χ2n) is 7.08. The summed E-state index contributed by atoms with van der Waals surface area (Å²) in [7, 11) is 0. The zero-order valence-corrected chi connectivity index (χ0v) is 20.3. The molecular weight excluding hydrogens is 444 g/mol. The fourth-order valence-electron chi connectivity index (χ4n) is 3.08. The number of amides is 1. The Kier molecular flexibility index (Phi) is 8.93. The monoisotopic (exact) mass is 472 g/mol. The molecule has 0 unspecified atom stereocenters. The van der Waals surface area contributed by atoms with Gasteiger partial charge in [0.25, 0.3) is 5.91 Å². The average molecular weight is 473 g/mol. The molecule has 0 aliphatic rings. The lowest BCUT2D eigenvalue weighted by Crippen LogP contribution is -2.18. The summed E-state index contributed by atoms with van der Waals surface area (Å²) >= 11 is 3.12. The van der Waals surface area contributed by atoms with Crippen molar-refractivity contribution in [1.82, 2.24) is 4.57 Å². The molecule has 0 saturated heterocycles. The lowest BCUT2D eigenvalue weighted by atomic mass is 10.2. The van der Waals surface area contributed by atoms with E-state index in [4.69, 9.17) is 9.47 Å². The molecule has 32 heavy (non-hydrogen) atoms. The number of thiazole rings is 1. The minimum absolute atomic E-state index is 0.305. The molecule has 0 bridgehead atoms. The number of thioether (sulfide) groups is 1. The van der Waals surface area contributed by atoms with Crippen LogP contribution in [0.15, 0.2) is 47.5 Å². The van der Waals surface area contributed by atoms with Gasteiger partial charge in [-0.25, -0.2) is 4.79 Å². The fourth-order valence-corrected chi connectivity index (χ4v) is 4.54. The highest BCUT2D eigenvalue weighted by molar-refractivity contribution is 7.98. The number of aryl methyl sites for hydroxylation is 1. The van der Waals surface area contributed by atoms with Crippen LogP contribution in [0, 0.1) is 0 Å². The van der Waals surface area contributed by atoms with Crippen LogP contribution in [0.25, 0.3) is 10.2 Å². The van der Waals surface area contributed by atoms with Crippen LogP contribution < -0.4 is 9.54 Å². The van der Waals surface area contributed by atoms with E-state index in [2.05, 4.69) is 11.9 Å². The fraction of sp³-hybridized carbons (Fsp3) is 0.375. The summed E-state index contributed by atoms with van der Waals surface area (Å²) in [6.45, 7) is 5.61. The summed E-state index contributed by atoms with van der Waals surface area (Å²) in [5.41, 5.74) is 1.95. The summed E-state index contributed by atoms with van der Waals surface area (Å²) < 4.78 is 13.7. The van der Waals surface area contributed by atoms with Crippen molar-refractivity contribution in [3.63, 3.8) is 0 Å². The molecule has 3 aromatic rings. The van der Waals surface area contributed by atoms with Crippen LogP contribution in [-0.2, 0) is 11.3 Å². The Bertz CT molecular complexity index is 1130. The summed E-state index contributed by atoms with van der Waals surface area (Å²) in [4.78, 5) is 30.0. The molecular formula is C24H28N2O4S2. The summed E-state index contributed by atoms with van der Waals surface area (Å²) in [5.74, 6) is 0.976. The van der Waals surface area contributed by atoms with Crippen molar-refractivity contribution >= 4 is 45.2 Å². The van der Waals surface area contributed by atoms with E-state index in [1.807, 2.05) is 16.9 Å². The maximum absolute atomic E-state index is 12.9. The van der Waals surface area contributed by atoms with Crippen molar-refractivity contribution in [1.29, 1.82) is 0 Å². The van der Waals surface area contributed by atoms with Crippen LogP contribution in [0.5, 0.6) is 5.75 Å². The van der Waals surface area contributed by atoms with Crippen molar-refractivity contribution in [2.75, 3.05) is 25.2 Å². The first kappa shape index (κ1) is 24.1. The Labute approximate surface area is 196 Å². The highest BCUT2D eigenvalue weighted by Gasteiger charge is 2.13. The van der Waals surface area contributed by atoms with Gasteiger partial charge in [0.1, 0.15) is 5.75 Å². The number of hydrogen-bond donors (Lipinski definition) is 0. The number of benzene rings is 2. The maximum atomic E-state index is 12.9. The third kappa shape index (κ3) is 6.01. The van der Waals surface area contributed by atoms with Gasteiger partial charge >= 0.3 is 5.97 Å². The van der Waals surface area contributed by atoms with Crippen LogP contribution >= 0.6 is 23.1 Å². The molecule has 8 heteroatoms. The predicted molar refractivity (Wildman–Crippen MR) is 131 cm³/mol. The largest absolute Gasteiger partial charge is 0.494 e. The molecule has 0 spiro atoms. The molecule has 0 aliphatic heterocycles. The van der Waals surface area contributed by atoms with Gasteiger partial charge in [-0.05, 0) is 62.1 Å². The molecule has 0 aliphatic carbocycles.